The number of aromatic nitrogens is 7. The van der Waals surface area contributed by atoms with E-state index in [-0.39, 0.29) is 41.5 Å². The number of unbranched alkanes of at least 4 members (excludes halogenated alkanes) is 1. The summed E-state index contributed by atoms with van der Waals surface area (Å²) in [4.78, 5) is 64.7. The molecule has 2 bridgehead atoms. The third-order valence-corrected chi connectivity index (χ3v) is 13.3. The van der Waals surface area contributed by atoms with Gasteiger partial charge in [-0.25, -0.2) is 28.2 Å². The monoisotopic (exact) mass is 861 g/mol. The first-order valence-electron chi connectivity index (χ1n) is 21.8. The summed E-state index contributed by atoms with van der Waals surface area (Å²) >= 11 is 0. The average Bonchev–Trinajstić information content (AvgIpc) is 4.13. The zero-order valence-electron chi connectivity index (χ0n) is 35.0. The third kappa shape index (κ3) is 7.90. The van der Waals surface area contributed by atoms with Gasteiger partial charge in [-0.2, -0.15) is 5.10 Å². The topological polar surface area (TPSA) is 166 Å². The van der Waals surface area contributed by atoms with E-state index in [0.29, 0.717) is 30.3 Å². The van der Waals surface area contributed by atoms with Crippen molar-refractivity contribution in [1.29, 1.82) is 0 Å². The highest BCUT2D eigenvalue weighted by molar-refractivity contribution is 6.07. The fraction of sp³-hybridized carbons (Fsp3) is 0.444. The zero-order valence-corrected chi connectivity index (χ0v) is 35.0. The summed E-state index contributed by atoms with van der Waals surface area (Å²) in [7, 11) is 1.74. The Morgan fingerprint density at radius 1 is 1.03 bits per heavy atom. The number of amides is 3. The number of aryl methyl sites for hydroxylation is 2. The minimum absolute atomic E-state index is 0.0281. The molecule has 3 atom stereocenters. The predicted molar refractivity (Wildman–Crippen MR) is 229 cm³/mol. The number of imidazole rings is 2. The number of hydrogen-bond donors (Lipinski definition) is 2. The number of nitrogens with one attached hydrogen (secondary N) is 2. The SMILES string of the molecule is Cn1c(=O)n(C2CCC(=O)NC2=O)c2cccc(CCCCC3CCN(Cc4ccc(-n5cc(NC(=O)c6ncn7ccc(N8C[C@H]9C[C@@H]8CO9)nc67)c(C(F)F)n5)cc4)CC3)c21. The van der Waals surface area contributed by atoms with Crippen molar-refractivity contribution >= 4 is 45.9 Å². The molecule has 4 aromatic heterocycles. The lowest BCUT2D eigenvalue weighted by Gasteiger charge is -2.32. The number of alkyl halides is 2. The molecule has 18 heteroatoms. The summed E-state index contributed by atoms with van der Waals surface area (Å²) in [6.45, 7) is 4.11. The van der Waals surface area contributed by atoms with Crippen molar-refractivity contribution in [2.45, 2.75) is 88.9 Å². The van der Waals surface area contributed by atoms with Gasteiger partial charge in [0.15, 0.2) is 17.0 Å². The van der Waals surface area contributed by atoms with Crippen LogP contribution in [0.2, 0.25) is 0 Å². The number of fused-ring (bicyclic) bond motifs is 4. The maximum absolute atomic E-state index is 14.3. The minimum atomic E-state index is -2.92. The molecule has 4 fully saturated rings. The first-order valence-corrected chi connectivity index (χ1v) is 21.8. The number of ether oxygens (including phenoxy) is 1. The maximum Gasteiger partial charge on any atom is 0.329 e. The van der Waals surface area contributed by atoms with Gasteiger partial charge in [-0.15, -0.1) is 0 Å². The summed E-state index contributed by atoms with van der Waals surface area (Å²) in [6.07, 6.45) is 9.62. The van der Waals surface area contributed by atoms with Crippen LogP contribution < -0.4 is 21.2 Å². The molecule has 2 N–H and O–H groups in total. The highest BCUT2D eigenvalue weighted by Crippen LogP contribution is 2.33. The highest BCUT2D eigenvalue weighted by atomic mass is 19.3. The molecule has 10 rings (SSSR count). The maximum atomic E-state index is 14.3. The third-order valence-electron chi connectivity index (χ3n) is 13.3. The van der Waals surface area contributed by atoms with Gasteiger partial charge >= 0.3 is 5.69 Å². The molecule has 6 aromatic rings. The van der Waals surface area contributed by atoms with Crippen molar-refractivity contribution in [3.63, 3.8) is 0 Å². The largest absolute Gasteiger partial charge is 0.374 e. The van der Waals surface area contributed by atoms with Crippen LogP contribution in [-0.2, 0) is 34.3 Å². The molecule has 4 saturated heterocycles. The average molecular weight is 862 g/mol. The molecule has 3 amide bonds. The van der Waals surface area contributed by atoms with Gasteiger partial charge < -0.3 is 15.0 Å². The summed E-state index contributed by atoms with van der Waals surface area (Å²) in [5.41, 5.74) is 3.83. The molecule has 2 aromatic carbocycles. The number of carbonyl (C=O) groups is 3. The quantitative estimate of drug-likeness (QED) is 0.114. The molecule has 1 unspecified atom stereocenters. The molecule has 0 aliphatic carbocycles. The van der Waals surface area contributed by atoms with Crippen molar-refractivity contribution in [2.75, 3.05) is 36.5 Å². The van der Waals surface area contributed by atoms with Crippen molar-refractivity contribution < 1.29 is 27.9 Å². The summed E-state index contributed by atoms with van der Waals surface area (Å²) in [6, 6.07) is 14.9. The lowest BCUT2D eigenvalue weighted by Crippen LogP contribution is -2.44. The molecule has 8 heterocycles. The van der Waals surface area contributed by atoms with Crippen molar-refractivity contribution in [3.05, 3.63) is 100 Å². The first kappa shape index (κ1) is 40.8. The highest BCUT2D eigenvalue weighted by Gasteiger charge is 2.40. The number of anilines is 2. The van der Waals surface area contributed by atoms with Crippen molar-refractivity contribution in [1.82, 2.24) is 43.5 Å². The van der Waals surface area contributed by atoms with Crippen LogP contribution in [-0.4, -0.2) is 94.3 Å². The number of carbonyl (C=O) groups excluding carboxylic acids is 3. The molecule has 0 radical (unpaired) electrons. The van der Waals surface area contributed by atoms with Crippen LogP contribution in [0.15, 0.2) is 72.0 Å². The van der Waals surface area contributed by atoms with Gasteiger partial charge in [0, 0.05) is 32.8 Å². The molecule has 4 aliphatic heterocycles. The lowest BCUT2D eigenvalue weighted by atomic mass is 9.90. The molecule has 0 spiro atoms. The number of rotatable bonds is 13. The van der Waals surface area contributed by atoms with E-state index in [2.05, 4.69) is 36.6 Å². The van der Waals surface area contributed by atoms with E-state index in [4.69, 9.17) is 9.72 Å². The van der Waals surface area contributed by atoms with Crippen LogP contribution >= 0.6 is 0 Å². The predicted octanol–water partition coefficient (Wildman–Crippen LogP) is 5.34. The van der Waals surface area contributed by atoms with E-state index in [0.717, 1.165) is 99.1 Å². The van der Waals surface area contributed by atoms with Crippen LogP contribution in [0.1, 0.15) is 91.1 Å². The van der Waals surface area contributed by atoms with E-state index < -0.39 is 30.0 Å². The first-order chi connectivity index (χ1) is 30.6. The molecular formula is C45H49F2N11O5. The standard InChI is InChI=1S/C45H49F2N11O5/c1-53-40-29(7-4-8-34(40)58(45(53)62)35-13-14-37(59)51-43(35)60)6-3-2-5-27-15-18-54(19-16-27)22-28-9-11-30(12-10-28)57-24-33(38(52-57)41(46)47)49-44(61)39-42-50-36(17-20-55(42)26-48-39)56-23-32-21-31(56)25-63-32/h4,7-12,17,20,24,26-27,31-32,35,41H,2-3,5-6,13-16,18-19,21-23,25H2,1H3,(H,49,61)(H,51,59,60)/t31-,32-,35?/m1/s1. The van der Waals surface area contributed by atoms with Crippen molar-refractivity contribution in [3.8, 4) is 5.69 Å². The Morgan fingerprint density at radius 3 is 2.60 bits per heavy atom. The second-order valence-corrected chi connectivity index (χ2v) is 17.3. The number of halogens is 2. The molecule has 4 aliphatic rings. The number of hydrogen-bond acceptors (Lipinski definition) is 10. The fourth-order valence-electron chi connectivity index (χ4n) is 9.97. The number of para-hydroxylation sites is 1. The number of piperidine rings is 2. The van der Waals surface area contributed by atoms with Crippen LogP contribution in [0.4, 0.5) is 20.3 Å². The number of benzene rings is 2. The van der Waals surface area contributed by atoms with E-state index in [1.54, 1.807) is 26.8 Å². The van der Waals surface area contributed by atoms with E-state index in [1.807, 2.05) is 42.5 Å². The van der Waals surface area contributed by atoms with Gasteiger partial charge in [-0.3, -0.25) is 38.1 Å². The molecule has 328 valence electrons. The van der Waals surface area contributed by atoms with Gasteiger partial charge in [0.1, 0.15) is 18.2 Å². The van der Waals surface area contributed by atoms with Crippen LogP contribution in [0.5, 0.6) is 0 Å². The number of morpholine rings is 1. The molecule has 0 saturated carbocycles. The smallest absolute Gasteiger partial charge is 0.329 e. The van der Waals surface area contributed by atoms with E-state index >= 15 is 0 Å². The Balaban J connectivity index is 0.716. The van der Waals surface area contributed by atoms with Gasteiger partial charge in [-0.05, 0) is 92.9 Å². The van der Waals surface area contributed by atoms with Gasteiger partial charge in [0.25, 0.3) is 12.3 Å². The van der Waals surface area contributed by atoms with Gasteiger partial charge in [0.2, 0.25) is 11.8 Å². The Labute approximate surface area is 360 Å². The Hall–Kier alpha value is -6.27. The molecular weight excluding hydrogens is 813 g/mol. The van der Waals surface area contributed by atoms with E-state index in [1.165, 1.54) is 17.2 Å². The number of likely N-dealkylation sites (tertiary alicyclic amines) is 1. The van der Waals surface area contributed by atoms with Crippen LogP contribution in [0.25, 0.3) is 22.4 Å². The minimum Gasteiger partial charge on any atom is -0.374 e. The van der Waals surface area contributed by atoms with Gasteiger partial charge in [-0.1, -0.05) is 37.1 Å². The normalized spacial score (nSPS) is 20.8. The fourth-order valence-corrected chi connectivity index (χ4v) is 9.97. The number of imide groups is 1. The summed E-state index contributed by atoms with van der Waals surface area (Å²) in [5.74, 6) is -0.0366. The Bertz CT molecular complexity index is 2770. The Kier molecular flexibility index (Phi) is 10.9. The summed E-state index contributed by atoms with van der Waals surface area (Å²) in [5, 5.41) is 9.15. The zero-order chi connectivity index (χ0) is 43.4. The lowest BCUT2D eigenvalue weighted by molar-refractivity contribution is -0.135. The Morgan fingerprint density at radius 2 is 1.86 bits per heavy atom. The molecule has 16 nitrogen and oxygen atoms in total. The summed E-state index contributed by atoms with van der Waals surface area (Å²) < 4.78 is 40.4. The van der Waals surface area contributed by atoms with E-state index in [9.17, 15) is 28.0 Å². The second-order valence-electron chi connectivity index (χ2n) is 17.3. The molecule has 63 heavy (non-hydrogen) atoms. The van der Waals surface area contributed by atoms with Crippen LogP contribution in [0.3, 0.4) is 0 Å². The van der Waals surface area contributed by atoms with Crippen LogP contribution in [0, 0.1) is 5.92 Å². The second kappa shape index (κ2) is 16.8. The van der Waals surface area contributed by atoms with Gasteiger partial charge in [0.05, 0.1) is 47.4 Å². The number of nitrogens with zero attached hydrogens (tertiary/aromatic N) is 9. The van der Waals surface area contributed by atoms with Crippen molar-refractivity contribution in [2.24, 2.45) is 13.0 Å².